The highest BCUT2D eigenvalue weighted by Gasteiger charge is 2.44. The van der Waals surface area contributed by atoms with Crippen LogP contribution in [-0.4, -0.2) is 4.57 Å². The molecule has 0 radical (unpaired) electrons. The van der Waals surface area contributed by atoms with E-state index in [0.717, 1.165) is 40.3 Å². The molecule has 2 aliphatic heterocycles. The smallest absolute Gasteiger partial charge is 0.0541 e. The van der Waals surface area contributed by atoms with Crippen molar-refractivity contribution < 1.29 is 0 Å². The molecule has 1 unspecified atom stereocenters. The molecule has 3 aliphatic rings. The van der Waals surface area contributed by atoms with E-state index in [-0.39, 0.29) is 28.1 Å². The van der Waals surface area contributed by atoms with Gasteiger partial charge < -0.3 is 14.4 Å². The number of hydrogen-bond donors (Lipinski definition) is 0. The third-order valence-electron chi connectivity index (χ3n) is 20.9. The highest BCUT2D eigenvalue weighted by atomic mass is 15.2. The first-order chi connectivity index (χ1) is 46.5. The average Bonchev–Trinajstić information content (AvgIpc) is 1.26. The van der Waals surface area contributed by atoms with Crippen LogP contribution >= 0.6 is 0 Å². The third kappa shape index (κ3) is 10.0. The molecule has 0 N–H and O–H groups in total. The molecule has 0 saturated carbocycles. The topological polar surface area (TPSA) is 11.4 Å². The number of nitrogens with zero attached hydrogens (tertiary/aromatic N) is 3. The summed E-state index contributed by atoms with van der Waals surface area (Å²) in [5.74, 6) is -0.143. The van der Waals surface area contributed by atoms with Crippen LogP contribution in [0.4, 0.5) is 34.1 Å². The fraction of sp³-hybridized carbons (Fsp3) is 0.161. The number of anilines is 6. The standard InChI is InChI=1S/C93H79N3/c1-91(2,3)70-39-44-82-79(54-70)80-55-71(92(4,5)6)40-45-83(80)94(82)73-41-42-78-85(58-73)96(75-51-68(61-30-18-12-19-31-61)48-69(52-75)62-32-20-13-21-33-62)87-57-72(93(7,8)9)56-86-90(87)89(78)81-53-65(88-76-36-24-22-34-63(76)46-64-35-23-25-37-77(64)88)38-43-84(81)95(86)74-49-66(59-26-14-10-15-27-59)47-67(50-74)60-28-16-11-17-29-60/h10-45,47-58,88-89H,46H2,1-9H3. The van der Waals surface area contributed by atoms with Crippen LogP contribution in [0, 0.1) is 0 Å². The number of benzene rings is 13. The van der Waals surface area contributed by atoms with Crippen LogP contribution < -0.4 is 9.80 Å². The van der Waals surface area contributed by atoms with Gasteiger partial charge in [0.2, 0.25) is 0 Å². The molecule has 0 amide bonds. The van der Waals surface area contributed by atoms with Crippen molar-refractivity contribution in [2.45, 2.75) is 96.8 Å². The second kappa shape index (κ2) is 22.5. The van der Waals surface area contributed by atoms with Gasteiger partial charge in [0.25, 0.3) is 0 Å². The Hall–Kier alpha value is -10.7. The Labute approximate surface area is 566 Å². The van der Waals surface area contributed by atoms with Crippen molar-refractivity contribution in [1.29, 1.82) is 0 Å². The lowest BCUT2D eigenvalue weighted by Crippen LogP contribution is -2.30. The van der Waals surface area contributed by atoms with Crippen molar-refractivity contribution in [3.8, 4) is 50.2 Å². The minimum Gasteiger partial charge on any atom is -0.310 e. The molecule has 3 nitrogen and oxygen atoms in total. The molecule has 466 valence electrons. The van der Waals surface area contributed by atoms with Gasteiger partial charge in [0.1, 0.15) is 0 Å². The lowest BCUT2D eigenvalue weighted by atomic mass is 9.71. The van der Waals surface area contributed by atoms with Crippen LogP contribution in [0.3, 0.4) is 0 Å². The van der Waals surface area contributed by atoms with Gasteiger partial charge in [0.05, 0.1) is 33.8 Å². The first-order valence-corrected chi connectivity index (χ1v) is 34.3. The molecule has 0 saturated heterocycles. The number of rotatable bonds is 8. The Balaban J connectivity index is 1.00. The molecular weight excluding hydrogens is 1160 g/mol. The monoisotopic (exact) mass is 1240 g/mol. The average molecular weight is 1240 g/mol. The molecule has 1 aromatic heterocycles. The predicted molar refractivity (Wildman–Crippen MR) is 406 cm³/mol. The molecule has 17 rings (SSSR count). The van der Waals surface area contributed by atoms with Gasteiger partial charge in [-0.1, -0.05) is 263 Å². The highest BCUT2D eigenvalue weighted by molar-refractivity contribution is 6.10. The van der Waals surface area contributed by atoms with Crippen LogP contribution in [0.15, 0.2) is 291 Å². The van der Waals surface area contributed by atoms with Crippen molar-refractivity contribution in [3.63, 3.8) is 0 Å². The maximum absolute atomic E-state index is 2.67. The summed E-state index contributed by atoms with van der Waals surface area (Å²) < 4.78 is 2.56. The summed E-state index contributed by atoms with van der Waals surface area (Å²) in [7, 11) is 0. The van der Waals surface area contributed by atoms with E-state index in [0.29, 0.717) is 0 Å². The number of fused-ring (bicyclic) bond motifs is 9. The summed E-state index contributed by atoms with van der Waals surface area (Å²) in [5.41, 5.74) is 34.1. The van der Waals surface area contributed by atoms with Crippen molar-refractivity contribution >= 4 is 55.9 Å². The van der Waals surface area contributed by atoms with Crippen LogP contribution in [0.25, 0.3) is 72.0 Å². The molecule has 0 spiro atoms. The van der Waals surface area contributed by atoms with E-state index in [2.05, 4.69) is 368 Å². The molecule has 14 aromatic rings. The molecule has 96 heavy (non-hydrogen) atoms. The first kappa shape index (κ1) is 59.0. The largest absolute Gasteiger partial charge is 0.310 e. The molecule has 0 bridgehead atoms. The minimum absolute atomic E-state index is 0.0343. The summed E-state index contributed by atoms with van der Waals surface area (Å²) in [6, 6.07) is 111. The summed E-state index contributed by atoms with van der Waals surface area (Å²) in [4.78, 5) is 5.32. The molecule has 0 fully saturated rings. The SMILES string of the molecule is CC(C)(C)c1cc2c3c(c1)N(c1cc(-c4ccccc4)cc(-c4ccccc4)c1)c1cc(-n4c5ccc(C(C)(C)C)cc5c5cc(C(C)(C)C)ccc54)ccc1C3c1cc(C3c4ccccc4Cc4ccccc43)ccc1N2c1cc(-c2ccccc2)cc(-c2ccccc2)c1. The molecule has 1 aliphatic carbocycles. The van der Waals surface area contributed by atoms with Crippen LogP contribution in [-0.2, 0) is 22.7 Å². The summed E-state index contributed by atoms with van der Waals surface area (Å²) in [5, 5.41) is 2.55. The van der Waals surface area contributed by atoms with Gasteiger partial charge in [-0.05, 0) is 214 Å². The Bertz CT molecular complexity index is 5150. The van der Waals surface area contributed by atoms with E-state index in [1.54, 1.807) is 0 Å². The van der Waals surface area contributed by atoms with E-state index >= 15 is 0 Å². The Morgan fingerprint density at radius 1 is 0.271 bits per heavy atom. The lowest BCUT2D eigenvalue weighted by Gasteiger charge is -2.46. The summed E-state index contributed by atoms with van der Waals surface area (Å²) >= 11 is 0. The van der Waals surface area contributed by atoms with Gasteiger partial charge in [-0.3, -0.25) is 0 Å². The highest BCUT2D eigenvalue weighted by Crippen LogP contribution is 2.63. The Morgan fingerprint density at radius 3 is 1.12 bits per heavy atom. The Morgan fingerprint density at radius 2 is 0.688 bits per heavy atom. The second-order valence-electron chi connectivity index (χ2n) is 30.2. The molecular formula is C93H79N3. The Kier molecular flexibility index (Phi) is 13.8. The van der Waals surface area contributed by atoms with Crippen molar-refractivity contribution in [2.75, 3.05) is 9.80 Å². The van der Waals surface area contributed by atoms with Gasteiger partial charge in [-0.2, -0.15) is 0 Å². The maximum Gasteiger partial charge on any atom is 0.0541 e. The van der Waals surface area contributed by atoms with E-state index in [4.69, 9.17) is 0 Å². The van der Waals surface area contributed by atoms with E-state index in [1.165, 1.54) is 133 Å². The van der Waals surface area contributed by atoms with Gasteiger partial charge in [0.15, 0.2) is 0 Å². The summed E-state index contributed by atoms with van der Waals surface area (Å²) in [6.45, 7) is 21.1. The van der Waals surface area contributed by atoms with Crippen LogP contribution in [0.5, 0.6) is 0 Å². The molecule has 3 heteroatoms. The zero-order chi connectivity index (χ0) is 65.4. The van der Waals surface area contributed by atoms with Crippen LogP contribution in [0.1, 0.15) is 135 Å². The van der Waals surface area contributed by atoms with Crippen molar-refractivity contribution in [3.05, 3.63) is 352 Å². The lowest BCUT2D eigenvalue weighted by molar-refractivity contribution is 0.589. The number of aromatic nitrogens is 1. The van der Waals surface area contributed by atoms with E-state index in [9.17, 15) is 0 Å². The maximum atomic E-state index is 2.67. The van der Waals surface area contributed by atoms with Gasteiger partial charge in [-0.15, -0.1) is 0 Å². The van der Waals surface area contributed by atoms with Gasteiger partial charge in [0, 0.05) is 45.2 Å². The molecule has 13 aromatic carbocycles. The predicted octanol–water partition coefficient (Wildman–Crippen LogP) is 25.2. The van der Waals surface area contributed by atoms with E-state index in [1.807, 2.05) is 0 Å². The third-order valence-corrected chi connectivity index (χ3v) is 20.9. The molecule has 1 atom stereocenters. The van der Waals surface area contributed by atoms with Crippen molar-refractivity contribution in [2.24, 2.45) is 0 Å². The van der Waals surface area contributed by atoms with Gasteiger partial charge >= 0.3 is 0 Å². The molecule has 3 heterocycles. The minimum atomic E-state index is -0.255. The first-order valence-electron chi connectivity index (χ1n) is 34.3. The zero-order valence-electron chi connectivity index (χ0n) is 56.4. The fourth-order valence-electron chi connectivity index (χ4n) is 15.9. The number of hydrogen-bond acceptors (Lipinski definition) is 2. The van der Waals surface area contributed by atoms with Crippen LogP contribution in [0.2, 0.25) is 0 Å². The van der Waals surface area contributed by atoms with Gasteiger partial charge in [-0.25, -0.2) is 0 Å². The quantitative estimate of drug-likeness (QED) is 0.150. The fourth-order valence-corrected chi connectivity index (χ4v) is 15.9. The van der Waals surface area contributed by atoms with E-state index < -0.39 is 0 Å². The summed E-state index contributed by atoms with van der Waals surface area (Å²) in [6.07, 6.45) is 0.920. The zero-order valence-corrected chi connectivity index (χ0v) is 56.4. The second-order valence-corrected chi connectivity index (χ2v) is 30.2. The normalized spacial score (nSPS) is 14.3. The van der Waals surface area contributed by atoms with Crippen molar-refractivity contribution in [1.82, 2.24) is 4.57 Å².